The van der Waals surface area contributed by atoms with Crippen LogP contribution in [-0.4, -0.2) is 38.8 Å². The van der Waals surface area contributed by atoms with Gasteiger partial charge < -0.3 is 25.0 Å². The van der Waals surface area contributed by atoms with Crippen molar-refractivity contribution in [3.8, 4) is 11.5 Å². The van der Waals surface area contributed by atoms with E-state index >= 15 is 0 Å². The maximum atomic E-state index is 11.5. The molecule has 4 rings (SSSR count). The van der Waals surface area contributed by atoms with E-state index in [4.69, 9.17) is 9.47 Å². The molecule has 1 fully saturated rings. The van der Waals surface area contributed by atoms with Crippen LogP contribution in [0, 0.1) is 0 Å². The van der Waals surface area contributed by atoms with Gasteiger partial charge in [0, 0.05) is 25.7 Å². The number of para-hydroxylation sites is 2. The van der Waals surface area contributed by atoms with Crippen molar-refractivity contribution in [2.24, 2.45) is 0 Å². The van der Waals surface area contributed by atoms with Crippen LogP contribution in [0.5, 0.6) is 11.5 Å². The highest BCUT2D eigenvalue weighted by Crippen LogP contribution is 2.31. The monoisotopic (exact) mass is 353 g/mol. The van der Waals surface area contributed by atoms with Crippen molar-refractivity contribution in [1.82, 2.24) is 5.32 Å². The fraction of sp³-hybridized carbons (Fsp3) is 0.350. The third-order valence-corrected chi connectivity index (χ3v) is 4.89. The Morgan fingerprint density at radius 2 is 2.19 bits per heavy atom. The van der Waals surface area contributed by atoms with Crippen molar-refractivity contribution in [3.05, 3.63) is 48.0 Å². The van der Waals surface area contributed by atoms with Gasteiger partial charge in [-0.25, -0.2) is 0 Å². The molecule has 2 aromatic carbocycles. The lowest BCUT2D eigenvalue weighted by atomic mass is 10.1. The summed E-state index contributed by atoms with van der Waals surface area (Å²) in [6.45, 7) is 2.80. The summed E-state index contributed by atoms with van der Waals surface area (Å²) in [6.07, 6.45) is 1.09. The lowest BCUT2D eigenvalue weighted by Gasteiger charge is -2.22. The van der Waals surface area contributed by atoms with E-state index in [0.717, 1.165) is 54.5 Å². The van der Waals surface area contributed by atoms with Crippen LogP contribution in [0.3, 0.4) is 0 Å². The smallest absolute Gasteiger partial charge is 0.262 e. The number of rotatable bonds is 5. The molecule has 2 aliphatic rings. The minimum absolute atomic E-state index is 0.0887. The molecule has 1 unspecified atom stereocenters. The van der Waals surface area contributed by atoms with Gasteiger partial charge in [0.25, 0.3) is 5.91 Å². The summed E-state index contributed by atoms with van der Waals surface area (Å²) in [5, 5.41) is 6.47. The molecule has 2 heterocycles. The molecule has 26 heavy (non-hydrogen) atoms. The van der Waals surface area contributed by atoms with Gasteiger partial charge >= 0.3 is 0 Å². The number of amides is 1. The molecule has 0 radical (unpaired) electrons. The van der Waals surface area contributed by atoms with Gasteiger partial charge in [-0.2, -0.15) is 0 Å². The molecular formula is C20H23N3O3. The first-order chi connectivity index (χ1) is 12.7. The van der Waals surface area contributed by atoms with E-state index in [1.54, 1.807) is 7.11 Å². The second-order valence-electron chi connectivity index (χ2n) is 6.65. The Balaban J connectivity index is 1.36. The molecule has 6 heteroatoms. The normalized spacial score (nSPS) is 18.9. The zero-order valence-corrected chi connectivity index (χ0v) is 14.8. The molecular weight excluding hydrogens is 330 g/mol. The van der Waals surface area contributed by atoms with Crippen molar-refractivity contribution in [2.45, 2.75) is 19.0 Å². The summed E-state index contributed by atoms with van der Waals surface area (Å²) in [7, 11) is 1.71. The van der Waals surface area contributed by atoms with Gasteiger partial charge in [-0.1, -0.05) is 18.2 Å². The van der Waals surface area contributed by atoms with Crippen LogP contribution in [0.1, 0.15) is 12.0 Å². The Morgan fingerprint density at radius 3 is 3.08 bits per heavy atom. The summed E-state index contributed by atoms with van der Waals surface area (Å²) in [5.74, 6) is 1.54. The molecule has 2 aliphatic heterocycles. The fourth-order valence-corrected chi connectivity index (χ4v) is 3.54. The third-order valence-electron chi connectivity index (χ3n) is 4.89. The topological polar surface area (TPSA) is 62.8 Å². The predicted molar refractivity (Wildman–Crippen MR) is 101 cm³/mol. The molecule has 1 amide bonds. The summed E-state index contributed by atoms with van der Waals surface area (Å²) < 4.78 is 10.9. The van der Waals surface area contributed by atoms with E-state index in [1.807, 2.05) is 36.4 Å². The van der Waals surface area contributed by atoms with Gasteiger partial charge in [-0.05, 0) is 36.2 Å². The number of carbonyl (C=O) groups excluding carboxylic acids is 1. The van der Waals surface area contributed by atoms with Crippen LogP contribution in [0.4, 0.5) is 11.4 Å². The molecule has 0 bridgehead atoms. The minimum atomic E-state index is -0.106. The Kier molecular flexibility index (Phi) is 4.67. The first-order valence-electron chi connectivity index (χ1n) is 8.90. The van der Waals surface area contributed by atoms with Crippen molar-refractivity contribution in [1.29, 1.82) is 0 Å². The fourth-order valence-electron chi connectivity index (χ4n) is 3.54. The SMILES string of the molecule is COc1ccccc1N1CCC(NCc2ccc3c(c2)NC(=O)CO3)C1. The number of methoxy groups -OCH3 is 1. The van der Waals surface area contributed by atoms with Crippen LogP contribution >= 0.6 is 0 Å². The lowest BCUT2D eigenvalue weighted by Crippen LogP contribution is -2.32. The second kappa shape index (κ2) is 7.25. The van der Waals surface area contributed by atoms with E-state index in [1.165, 1.54) is 0 Å². The average Bonchev–Trinajstić information content (AvgIpc) is 3.14. The van der Waals surface area contributed by atoms with E-state index in [9.17, 15) is 4.79 Å². The highest BCUT2D eigenvalue weighted by atomic mass is 16.5. The van der Waals surface area contributed by atoms with E-state index in [0.29, 0.717) is 6.04 Å². The van der Waals surface area contributed by atoms with Gasteiger partial charge in [0.2, 0.25) is 0 Å². The Bertz CT molecular complexity index is 809. The molecule has 6 nitrogen and oxygen atoms in total. The number of fused-ring (bicyclic) bond motifs is 1. The molecule has 0 saturated carbocycles. The van der Waals surface area contributed by atoms with E-state index < -0.39 is 0 Å². The Hall–Kier alpha value is -2.73. The zero-order chi connectivity index (χ0) is 17.9. The number of nitrogens with zero attached hydrogens (tertiary/aromatic N) is 1. The van der Waals surface area contributed by atoms with Gasteiger partial charge in [0.15, 0.2) is 6.61 Å². The average molecular weight is 353 g/mol. The summed E-state index contributed by atoms with van der Waals surface area (Å²) >= 11 is 0. The summed E-state index contributed by atoms with van der Waals surface area (Å²) in [6, 6.07) is 14.5. The largest absolute Gasteiger partial charge is 0.495 e. The second-order valence-corrected chi connectivity index (χ2v) is 6.65. The first kappa shape index (κ1) is 16.7. The van der Waals surface area contributed by atoms with Gasteiger partial charge in [0.05, 0.1) is 18.5 Å². The summed E-state index contributed by atoms with van der Waals surface area (Å²) in [4.78, 5) is 13.8. The number of hydrogen-bond donors (Lipinski definition) is 2. The van der Waals surface area contributed by atoms with Crippen LogP contribution in [0.15, 0.2) is 42.5 Å². The quantitative estimate of drug-likeness (QED) is 0.864. The van der Waals surface area contributed by atoms with Crippen LogP contribution in [0.2, 0.25) is 0 Å². The molecule has 2 aromatic rings. The highest BCUT2D eigenvalue weighted by molar-refractivity contribution is 5.95. The minimum Gasteiger partial charge on any atom is -0.495 e. The standard InChI is InChI=1S/C20H23N3O3/c1-25-19-5-3-2-4-17(19)23-9-8-15(12-23)21-11-14-6-7-18-16(10-14)22-20(24)13-26-18/h2-7,10,15,21H,8-9,11-13H2,1H3,(H,22,24). The van der Waals surface area contributed by atoms with Crippen LogP contribution in [0.25, 0.3) is 0 Å². The van der Waals surface area contributed by atoms with Crippen LogP contribution in [-0.2, 0) is 11.3 Å². The molecule has 2 N–H and O–H groups in total. The predicted octanol–water partition coefficient (Wildman–Crippen LogP) is 2.39. The number of anilines is 2. The van der Waals surface area contributed by atoms with Crippen LogP contribution < -0.4 is 25.0 Å². The number of hydrogen-bond acceptors (Lipinski definition) is 5. The van der Waals surface area contributed by atoms with Gasteiger partial charge in [-0.15, -0.1) is 0 Å². The van der Waals surface area contributed by atoms with Crippen molar-refractivity contribution in [3.63, 3.8) is 0 Å². The maximum Gasteiger partial charge on any atom is 0.262 e. The number of ether oxygens (including phenoxy) is 2. The molecule has 0 spiro atoms. The number of nitrogens with one attached hydrogen (secondary N) is 2. The molecule has 1 atom stereocenters. The van der Waals surface area contributed by atoms with Crippen molar-refractivity contribution >= 4 is 17.3 Å². The van der Waals surface area contributed by atoms with Crippen molar-refractivity contribution < 1.29 is 14.3 Å². The summed E-state index contributed by atoms with van der Waals surface area (Å²) in [5.41, 5.74) is 3.03. The van der Waals surface area contributed by atoms with E-state index in [2.05, 4.69) is 21.6 Å². The Labute approximate surface area is 153 Å². The highest BCUT2D eigenvalue weighted by Gasteiger charge is 2.24. The lowest BCUT2D eigenvalue weighted by molar-refractivity contribution is -0.118. The van der Waals surface area contributed by atoms with Gasteiger partial charge in [-0.3, -0.25) is 4.79 Å². The molecule has 1 saturated heterocycles. The molecule has 136 valence electrons. The molecule has 0 aliphatic carbocycles. The number of carbonyl (C=O) groups is 1. The molecule has 0 aromatic heterocycles. The van der Waals surface area contributed by atoms with Crippen molar-refractivity contribution in [2.75, 3.05) is 37.0 Å². The maximum absolute atomic E-state index is 11.5. The first-order valence-corrected chi connectivity index (χ1v) is 8.90. The van der Waals surface area contributed by atoms with Gasteiger partial charge in [0.1, 0.15) is 11.5 Å². The third kappa shape index (κ3) is 3.46. The number of benzene rings is 2. The van der Waals surface area contributed by atoms with E-state index in [-0.39, 0.29) is 12.5 Å². The zero-order valence-electron chi connectivity index (χ0n) is 14.8. The Morgan fingerprint density at radius 1 is 1.31 bits per heavy atom.